The predicted octanol–water partition coefficient (Wildman–Crippen LogP) is 1.81. The largest absolute Gasteiger partial charge is 0.386 e. The molecular weight excluding hydrogens is 338 g/mol. The molecule has 2 aliphatic rings. The van der Waals surface area contributed by atoms with Gasteiger partial charge in [0.05, 0.1) is 17.1 Å². The molecule has 1 heterocycles. The summed E-state index contributed by atoms with van der Waals surface area (Å²) in [6, 6.07) is 10.0. The molecule has 0 amide bonds. The summed E-state index contributed by atoms with van der Waals surface area (Å²) < 4.78 is 11.4. The third kappa shape index (κ3) is 1.81. The van der Waals surface area contributed by atoms with Crippen molar-refractivity contribution in [2.75, 3.05) is 13.2 Å². The molecule has 1 aromatic rings. The van der Waals surface area contributed by atoms with Gasteiger partial charge in [0.2, 0.25) is 0 Å². The van der Waals surface area contributed by atoms with Gasteiger partial charge in [0.25, 0.3) is 11.6 Å². The van der Waals surface area contributed by atoms with Crippen LogP contribution in [0.5, 0.6) is 0 Å². The average molecular weight is 355 g/mol. The molecular formula is C17H17N5O4. The molecule has 1 aliphatic heterocycles. The van der Waals surface area contributed by atoms with Crippen molar-refractivity contribution < 1.29 is 14.4 Å². The highest BCUT2D eigenvalue weighted by Gasteiger charge is 2.93. The smallest absolute Gasteiger partial charge is 0.293 e. The molecule has 0 aromatic heterocycles. The Morgan fingerprint density at radius 3 is 2.23 bits per heavy atom. The molecule has 1 fully saturated rings. The zero-order valence-electron chi connectivity index (χ0n) is 14.3. The van der Waals surface area contributed by atoms with Gasteiger partial charge in [0, 0.05) is 31.3 Å². The molecule has 0 spiro atoms. The van der Waals surface area contributed by atoms with Gasteiger partial charge in [-0.3, -0.25) is 10.1 Å². The lowest BCUT2D eigenvalue weighted by Gasteiger charge is -2.31. The topological polar surface area (TPSA) is 148 Å². The number of nitrogens with zero attached hydrogens (tertiary/aromatic N) is 4. The van der Waals surface area contributed by atoms with E-state index in [1.165, 1.54) is 24.3 Å². The van der Waals surface area contributed by atoms with E-state index >= 15 is 0 Å². The number of fused-ring (bicyclic) bond motifs is 1. The Kier molecular flexibility index (Phi) is 3.95. The van der Waals surface area contributed by atoms with Crippen molar-refractivity contribution in [2.24, 2.45) is 21.6 Å². The minimum atomic E-state index is -1.68. The van der Waals surface area contributed by atoms with Gasteiger partial charge in [-0.15, -0.1) is 0 Å². The van der Waals surface area contributed by atoms with Crippen molar-refractivity contribution in [2.45, 2.75) is 25.7 Å². The number of hydrogen-bond donors (Lipinski definition) is 1. The molecule has 9 nitrogen and oxygen atoms in total. The Bertz CT molecular complexity index is 863. The van der Waals surface area contributed by atoms with Crippen molar-refractivity contribution >= 4 is 11.5 Å². The number of hydrogen-bond acceptors (Lipinski definition) is 8. The fraction of sp³-hybridized carbons (Fsp3) is 0.471. The molecule has 0 saturated heterocycles. The predicted molar refractivity (Wildman–Crippen MR) is 89.5 cm³/mol. The summed E-state index contributed by atoms with van der Waals surface area (Å²) in [5.74, 6) is -2.37. The van der Waals surface area contributed by atoms with Crippen LogP contribution in [0.1, 0.15) is 25.3 Å². The first kappa shape index (κ1) is 17.8. The van der Waals surface area contributed by atoms with Gasteiger partial charge >= 0.3 is 0 Å². The number of rotatable bonds is 6. The quantitative estimate of drug-likeness (QED) is 0.464. The average Bonchev–Trinajstić information content (AvgIpc) is 3.21. The summed E-state index contributed by atoms with van der Waals surface area (Å²) >= 11 is 0. The highest BCUT2D eigenvalue weighted by Crippen LogP contribution is 2.81. The van der Waals surface area contributed by atoms with E-state index in [-0.39, 0.29) is 24.7 Å². The third-order valence-corrected chi connectivity index (χ3v) is 5.04. The SMILES string of the molecule is CCOC1(OCC)N=C(N)C2(C#N)C(c3ccc([N+](=O)[O-])cc3)C12C#N. The van der Waals surface area contributed by atoms with Crippen molar-refractivity contribution in [3.63, 3.8) is 0 Å². The van der Waals surface area contributed by atoms with Crippen LogP contribution in [0.2, 0.25) is 0 Å². The first-order chi connectivity index (χ1) is 12.4. The van der Waals surface area contributed by atoms with Gasteiger partial charge in [-0.25, -0.2) is 4.99 Å². The molecule has 1 aliphatic carbocycles. The Labute approximate surface area is 149 Å². The maximum Gasteiger partial charge on any atom is 0.293 e. The van der Waals surface area contributed by atoms with Crippen LogP contribution in [0.25, 0.3) is 0 Å². The number of nitro benzene ring substituents is 1. The molecule has 2 N–H and O–H groups in total. The number of nitriles is 2. The van der Waals surface area contributed by atoms with Crippen LogP contribution in [0.15, 0.2) is 29.3 Å². The van der Waals surface area contributed by atoms with Gasteiger partial charge in [-0.2, -0.15) is 10.5 Å². The van der Waals surface area contributed by atoms with Gasteiger partial charge < -0.3 is 15.2 Å². The van der Waals surface area contributed by atoms with E-state index in [2.05, 4.69) is 17.1 Å². The van der Waals surface area contributed by atoms with E-state index in [4.69, 9.17) is 15.2 Å². The maximum absolute atomic E-state index is 10.9. The number of nitro groups is 1. The Morgan fingerprint density at radius 1 is 1.23 bits per heavy atom. The zero-order chi connectivity index (χ0) is 19.2. The fourth-order valence-electron chi connectivity index (χ4n) is 4.04. The number of aliphatic imine (C=N–C) groups is 1. The fourth-order valence-corrected chi connectivity index (χ4v) is 4.04. The van der Waals surface area contributed by atoms with Crippen molar-refractivity contribution in [3.05, 3.63) is 39.9 Å². The lowest BCUT2D eigenvalue weighted by molar-refractivity contribution is -0.384. The highest BCUT2D eigenvalue weighted by atomic mass is 16.7. The van der Waals surface area contributed by atoms with Crippen molar-refractivity contribution in [3.8, 4) is 12.1 Å². The second-order valence-corrected chi connectivity index (χ2v) is 6.07. The van der Waals surface area contributed by atoms with E-state index in [0.717, 1.165) is 0 Å². The van der Waals surface area contributed by atoms with Crippen molar-refractivity contribution in [1.82, 2.24) is 0 Å². The maximum atomic E-state index is 10.9. The Balaban J connectivity index is 2.17. The summed E-state index contributed by atoms with van der Waals surface area (Å²) in [4.78, 5) is 14.6. The molecule has 1 aromatic carbocycles. The molecule has 3 rings (SSSR count). The number of benzene rings is 1. The van der Waals surface area contributed by atoms with Crippen LogP contribution in [-0.2, 0) is 9.47 Å². The van der Waals surface area contributed by atoms with Crippen molar-refractivity contribution in [1.29, 1.82) is 10.5 Å². The van der Waals surface area contributed by atoms with Crippen LogP contribution >= 0.6 is 0 Å². The molecule has 3 atom stereocenters. The molecule has 134 valence electrons. The van der Waals surface area contributed by atoms with Gasteiger partial charge in [0.15, 0.2) is 5.41 Å². The first-order valence-corrected chi connectivity index (χ1v) is 8.11. The van der Waals surface area contributed by atoms with E-state index in [1.807, 2.05) is 0 Å². The van der Waals surface area contributed by atoms with Crippen LogP contribution in [0.4, 0.5) is 5.69 Å². The molecule has 3 unspecified atom stereocenters. The first-order valence-electron chi connectivity index (χ1n) is 8.11. The number of ether oxygens (including phenoxy) is 2. The second kappa shape index (κ2) is 5.77. The monoisotopic (exact) mass is 355 g/mol. The van der Waals surface area contributed by atoms with Gasteiger partial charge in [0.1, 0.15) is 11.3 Å². The number of nitrogens with two attached hydrogens (primary N) is 1. The standard InChI is InChI=1S/C17H17N5O4/c1-3-25-17(26-4-2)16(10-19)13(15(16,9-18)14(20)21-17)11-5-7-12(8-6-11)22(23)24/h5-8,13H,3-4H2,1-2H3,(H2,20,21). The lowest BCUT2D eigenvalue weighted by Crippen LogP contribution is -2.43. The normalized spacial score (nSPS) is 30.6. The zero-order valence-corrected chi connectivity index (χ0v) is 14.3. The van der Waals surface area contributed by atoms with Gasteiger partial charge in [-0.05, 0) is 19.4 Å². The highest BCUT2D eigenvalue weighted by molar-refractivity contribution is 6.00. The number of amidine groups is 1. The molecule has 26 heavy (non-hydrogen) atoms. The van der Waals surface area contributed by atoms with Crippen LogP contribution < -0.4 is 5.73 Å². The summed E-state index contributed by atoms with van der Waals surface area (Å²) in [7, 11) is 0. The summed E-state index contributed by atoms with van der Waals surface area (Å²) in [5, 5.41) is 30.8. The summed E-state index contributed by atoms with van der Waals surface area (Å²) in [5.41, 5.74) is 3.70. The Morgan fingerprint density at radius 2 is 1.81 bits per heavy atom. The van der Waals surface area contributed by atoms with Crippen LogP contribution in [0, 0.1) is 43.6 Å². The van der Waals surface area contributed by atoms with E-state index in [1.54, 1.807) is 13.8 Å². The van der Waals surface area contributed by atoms with Crippen LogP contribution in [0.3, 0.4) is 0 Å². The van der Waals surface area contributed by atoms with E-state index < -0.39 is 27.6 Å². The third-order valence-electron chi connectivity index (χ3n) is 5.04. The molecule has 1 saturated carbocycles. The van der Waals surface area contributed by atoms with E-state index in [9.17, 15) is 20.6 Å². The molecule has 9 heteroatoms. The lowest BCUT2D eigenvalue weighted by atomic mass is 9.93. The second-order valence-electron chi connectivity index (χ2n) is 6.07. The number of non-ortho nitro benzene ring substituents is 1. The summed E-state index contributed by atoms with van der Waals surface area (Å²) in [6.07, 6.45) is 0. The molecule has 0 radical (unpaired) electrons. The summed E-state index contributed by atoms with van der Waals surface area (Å²) in [6.45, 7) is 3.86. The Hall–Kier alpha value is -3.01. The van der Waals surface area contributed by atoms with E-state index in [0.29, 0.717) is 5.56 Å². The van der Waals surface area contributed by atoms with Crippen LogP contribution in [-0.4, -0.2) is 29.9 Å². The van der Waals surface area contributed by atoms with Gasteiger partial charge in [-0.1, -0.05) is 12.1 Å². The minimum Gasteiger partial charge on any atom is -0.386 e. The molecule has 0 bridgehead atoms. The minimum absolute atomic E-state index is 0.0215.